The maximum absolute atomic E-state index is 12.1. The van der Waals surface area contributed by atoms with Gasteiger partial charge in [0.1, 0.15) is 12.1 Å². The lowest BCUT2D eigenvalue weighted by Gasteiger charge is -2.13. The number of rotatable bonds is 4. The van der Waals surface area contributed by atoms with Crippen LogP contribution in [0.25, 0.3) is 0 Å². The molecule has 1 aromatic rings. The van der Waals surface area contributed by atoms with Gasteiger partial charge in [-0.15, -0.1) is 0 Å². The van der Waals surface area contributed by atoms with Gasteiger partial charge in [-0.05, 0) is 0 Å². The van der Waals surface area contributed by atoms with E-state index in [1.54, 1.807) is 35.1 Å². The minimum absolute atomic E-state index is 0.0314. The predicted molar refractivity (Wildman–Crippen MR) is 78.4 cm³/mol. The Morgan fingerprint density at radius 3 is 2.58 bits per heavy atom. The summed E-state index contributed by atoms with van der Waals surface area (Å²) in [6, 6.07) is 8.97. The molecular weight excluding hydrogens is 280 g/mol. The zero-order valence-electron chi connectivity index (χ0n) is 10.3. The fraction of sp³-hybridized carbons (Fsp3) is 0.357. The van der Waals surface area contributed by atoms with Gasteiger partial charge >= 0.3 is 0 Å². The van der Waals surface area contributed by atoms with E-state index in [4.69, 9.17) is 0 Å². The van der Waals surface area contributed by atoms with Gasteiger partial charge in [0.15, 0.2) is 5.78 Å². The number of ketones is 2. The van der Waals surface area contributed by atoms with Crippen molar-refractivity contribution >= 4 is 39.4 Å². The molecule has 0 bridgehead atoms. The van der Waals surface area contributed by atoms with Gasteiger partial charge in [-0.1, -0.05) is 51.9 Å². The molecule has 0 aromatic heterocycles. The van der Waals surface area contributed by atoms with E-state index in [2.05, 4.69) is 0 Å². The molecule has 1 aliphatic rings. The summed E-state index contributed by atoms with van der Waals surface area (Å²) in [7, 11) is 3.10. The number of benzene rings is 1. The maximum Gasteiger partial charge on any atom is 0.163 e. The highest BCUT2D eigenvalue weighted by Crippen LogP contribution is 2.33. The standard InChI is InChI=1S/C14H14O3S2/c15-7-12-9-19-18-8-11(14(12)17)6-13(16)10-4-2-1-3-5-10/h1-5,7,11-12H,6,8-9H2. The second-order valence-corrected chi connectivity index (χ2v) is 6.96. The number of hydrogen-bond acceptors (Lipinski definition) is 5. The Balaban J connectivity index is 2.06. The molecule has 100 valence electrons. The highest BCUT2D eigenvalue weighted by Gasteiger charge is 2.31. The molecule has 2 unspecified atom stereocenters. The quantitative estimate of drug-likeness (QED) is 0.370. The van der Waals surface area contributed by atoms with Crippen LogP contribution in [0.4, 0.5) is 0 Å². The molecule has 0 amide bonds. The summed E-state index contributed by atoms with van der Waals surface area (Å²) >= 11 is 0. The molecule has 1 aromatic carbocycles. The summed E-state index contributed by atoms with van der Waals surface area (Å²) in [4.78, 5) is 35.1. The topological polar surface area (TPSA) is 51.2 Å². The van der Waals surface area contributed by atoms with Gasteiger partial charge in [0.25, 0.3) is 0 Å². The maximum atomic E-state index is 12.1. The second kappa shape index (κ2) is 6.91. The first-order chi connectivity index (χ1) is 9.22. The van der Waals surface area contributed by atoms with Gasteiger partial charge in [-0.3, -0.25) is 9.59 Å². The lowest BCUT2D eigenvalue weighted by atomic mass is 9.90. The highest BCUT2D eigenvalue weighted by atomic mass is 33.1. The van der Waals surface area contributed by atoms with Crippen molar-refractivity contribution in [2.24, 2.45) is 11.8 Å². The van der Waals surface area contributed by atoms with Crippen molar-refractivity contribution in [1.29, 1.82) is 0 Å². The van der Waals surface area contributed by atoms with Crippen LogP contribution in [-0.2, 0) is 9.59 Å². The van der Waals surface area contributed by atoms with Crippen molar-refractivity contribution in [2.45, 2.75) is 6.42 Å². The van der Waals surface area contributed by atoms with Crippen LogP contribution >= 0.6 is 21.6 Å². The van der Waals surface area contributed by atoms with Gasteiger partial charge in [-0.25, -0.2) is 0 Å². The van der Waals surface area contributed by atoms with Crippen LogP contribution in [0, 0.1) is 11.8 Å². The molecule has 19 heavy (non-hydrogen) atoms. The van der Waals surface area contributed by atoms with Crippen LogP contribution < -0.4 is 0 Å². The minimum Gasteiger partial charge on any atom is -0.303 e. The van der Waals surface area contributed by atoms with Gasteiger partial charge in [0.2, 0.25) is 0 Å². The van der Waals surface area contributed by atoms with Crippen LogP contribution in [0.2, 0.25) is 0 Å². The summed E-state index contributed by atoms with van der Waals surface area (Å²) in [6.07, 6.45) is 0.905. The highest BCUT2D eigenvalue weighted by molar-refractivity contribution is 8.76. The van der Waals surface area contributed by atoms with Gasteiger partial charge in [-0.2, -0.15) is 0 Å². The monoisotopic (exact) mass is 294 g/mol. The molecule has 0 N–H and O–H groups in total. The molecule has 2 rings (SSSR count). The number of carbonyl (C=O) groups excluding carboxylic acids is 3. The first kappa shape index (κ1) is 14.3. The summed E-state index contributed by atoms with van der Waals surface area (Å²) in [6.45, 7) is 0. The third kappa shape index (κ3) is 3.70. The van der Waals surface area contributed by atoms with E-state index in [9.17, 15) is 14.4 Å². The van der Waals surface area contributed by atoms with Crippen LogP contribution in [0.3, 0.4) is 0 Å². The Morgan fingerprint density at radius 1 is 1.21 bits per heavy atom. The van der Waals surface area contributed by atoms with Gasteiger partial charge in [0.05, 0.1) is 5.92 Å². The average Bonchev–Trinajstić information content (AvgIpc) is 2.62. The Hall–Kier alpha value is -1.07. The Morgan fingerprint density at radius 2 is 1.89 bits per heavy atom. The van der Waals surface area contributed by atoms with Crippen molar-refractivity contribution in [2.75, 3.05) is 11.5 Å². The Kier molecular flexibility index (Phi) is 5.22. The fourth-order valence-corrected chi connectivity index (χ4v) is 4.49. The van der Waals surface area contributed by atoms with Crippen LogP contribution in [-0.4, -0.2) is 29.4 Å². The molecule has 1 saturated heterocycles. The molecule has 1 aliphatic heterocycles. The fourth-order valence-electron chi connectivity index (χ4n) is 1.95. The largest absolute Gasteiger partial charge is 0.303 e. The SMILES string of the molecule is O=CC1CSSCC(CC(=O)c2ccccc2)C1=O. The number of Topliss-reactive ketones (excluding diaryl/α,β-unsaturated/α-hetero) is 2. The molecule has 2 atom stereocenters. The molecule has 0 radical (unpaired) electrons. The smallest absolute Gasteiger partial charge is 0.163 e. The average molecular weight is 294 g/mol. The molecule has 1 fully saturated rings. The predicted octanol–water partition coefficient (Wildman–Crippen LogP) is 2.65. The molecule has 5 heteroatoms. The van der Waals surface area contributed by atoms with E-state index < -0.39 is 5.92 Å². The minimum atomic E-state index is -0.562. The van der Waals surface area contributed by atoms with Crippen LogP contribution in [0.5, 0.6) is 0 Å². The molecular formula is C14H14O3S2. The van der Waals surface area contributed by atoms with Crippen molar-refractivity contribution in [3.05, 3.63) is 35.9 Å². The van der Waals surface area contributed by atoms with Crippen molar-refractivity contribution in [3.63, 3.8) is 0 Å². The second-order valence-electron chi connectivity index (χ2n) is 4.40. The molecule has 1 heterocycles. The normalized spacial score (nSPS) is 23.7. The van der Waals surface area contributed by atoms with Gasteiger partial charge in [0, 0.05) is 29.4 Å². The van der Waals surface area contributed by atoms with E-state index in [0.29, 0.717) is 23.4 Å². The lowest BCUT2D eigenvalue weighted by Crippen LogP contribution is -2.28. The van der Waals surface area contributed by atoms with E-state index in [1.165, 1.54) is 10.8 Å². The lowest BCUT2D eigenvalue weighted by molar-refractivity contribution is -0.129. The van der Waals surface area contributed by atoms with E-state index in [1.807, 2.05) is 6.07 Å². The zero-order valence-corrected chi connectivity index (χ0v) is 11.9. The first-order valence-electron chi connectivity index (χ1n) is 6.04. The number of carbonyl (C=O) groups is 3. The van der Waals surface area contributed by atoms with E-state index >= 15 is 0 Å². The molecule has 0 aliphatic carbocycles. The van der Waals surface area contributed by atoms with Crippen molar-refractivity contribution < 1.29 is 14.4 Å². The Labute approximate surface area is 119 Å². The third-order valence-electron chi connectivity index (χ3n) is 3.06. The third-order valence-corrected chi connectivity index (χ3v) is 5.58. The van der Waals surface area contributed by atoms with Crippen LogP contribution in [0.1, 0.15) is 16.8 Å². The molecule has 0 spiro atoms. The van der Waals surface area contributed by atoms with E-state index in [0.717, 1.165) is 0 Å². The van der Waals surface area contributed by atoms with Crippen molar-refractivity contribution in [1.82, 2.24) is 0 Å². The van der Waals surface area contributed by atoms with Gasteiger partial charge < -0.3 is 4.79 Å². The summed E-state index contributed by atoms with van der Waals surface area (Å²) in [5.41, 5.74) is 0.625. The summed E-state index contributed by atoms with van der Waals surface area (Å²) in [5.74, 6) is 0.0967. The number of aldehydes is 1. The zero-order chi connectivity index (χ0) is 13.7. The van der Waals surface area contributed by atoms with Crippen LogP contribution in [0.15, 0.2) is 30.3 Å². The van der Waals surface area contributed by atoms with Crippen molar-refractivity contribution in [3.8, 4) is 0 Å². The molecule has 3 nitrogen and oxygen atoms in total. The Bertz CT molecular complexity index is 473. The first-order valence-corrected chi connectivity index (χ1v) is 8.53. The summed E-state index contributed by atoms with van der Waals surface area (Å²) < 4.78 is 0. The summed E-state index contributed by atoms with van der Waals surface area (Å²) in [5, 5.41) is 0. The number of hydrogen-bond donors (Lipinski definition) is 0. The molecule has 0 saturated carbocycles. The van der Waals surface area contributed by atoms with E-state index in [-0.39, 0.29) is 23.9 Å².